The van der Waals surface area contributed by atoms with Gasteiger partial charge in [0.2, 0.25) is 0 Å². The lowest BCUT2D eigenvalue weighted by Crippen LogP contribution is -2.26. The van der Waals surface area contributed by atoms with E-state index in [1.807, 2.05) is 0 Å². The zero-order chi connectivity index (χ0) is 11.9. The Labute approximate surface area is 99.1 Å². The molecule has 0 radical (unpaired) electrons. The first kappa shape index (κ1) is 11.3. The molecule has 3 N–H and O–H groups in total. The highest BCUT2D eigenvalue weighted by Gasteiger charge is 2.26. The van der Waals surface area contributed by atoms with Crippen molar-refractivity contribution in [3.8, 4) is 0 Å². The molecule has 0 aliphatic heterocycles. The Kier molecular flexibility index (Phi) is 2.84. The number of nitrogen functional groups attached to an aromatic ring is 1. The van der Waals surface area contributed by atoms with Crippen LogP contribution in [0.2, 0.25) is 0 Å². The van der Waals surface area contributed by atoms with Crippen LogP contribution in [-0.4, -0.2) is 11.9 Å². The third-order valence-electron chi connectivity index (χ3n) is 2.36. The van der Waals surface area contributed by atoms with Crippen molar-refractivity contribution in [2.24, 2.45) is 0 Å². The molecule has 1 aromatic carbocycles. The van der Waals surface area contributed by atoms with Crippen molar-refractivity contribution in [1.29, 1.82) is 0 Å². The Hall–Kier alpha value is -1.17. The second-order valence-corrected chi connectivity index (χ2v) is 4.49. The van der Waals surface area contributed by atoms with Crippen molar-refractivity contribution >= 4 is 27.5 Å². The van der Waals surface area contributed by atoms with Gasteiger partial charge in [-0.05, 0) is 34.8 Å². The Balaban J connectivity index is 2.35. The molecule has 16 heavy (non-hydrogen) atoms. The quantitative estimate of drug-likeness (QED) is 0.648. The van der Waals surface area contributed by atoms with Gasteiger partial charge >= 0.3 is 0 Å². The maximum Gasteiger partial charge on any atom is 0.253 e. The van der Waals surface area contributed by atoms with Gasteiger partial charge in [0.15, 0.2) is 11.6 Å². The third-order valence-corrected chi connectivity index (χ3v) is 3.13. The summed E-state index contributed by atoms with van der Waals surface area (Å²) in [5.74, 6) is -2.65. The van der Waals surface area contributed by atoms with Gasteiger partial charge in [0.05, 0.1) is 15.7 Å². The SMILES string of the molecule is Nc1c(C(=O)NC2CC2)cc(F)c(F)c1Br. The average molecular weight is 291 g/mol. The number of nitrogens with one attached hydrogen (secondary N) is 1. The van der Waals surface area contributed by atoms with E-state index in [4.69, 9.17) is 5.73 Å². The van der Waals surface area contributed by atoms with Crippen LogP contribution < -0.4 is 11.1 Å². The van der Waals surface area contributed by atoms with Gasteiger partial charge in [-0.1, -0.05) is 0 Å². The molecule has 0 atom stereocenters. The summed E-state index contributed by atoms with van der Waals surface area (Å²) >= 11 is 2.81. The highest BCUT2D eigenvalue weighted by atomic mass is 79.9. The predicted molar refractivity (Wildman–Crippen MR) is 59.0 cm³/mol. The number of hydrogen-bond donors (Lipinski definition) is 2. The van der Waals surface area contributed by atoms with E-state index in [2.05, 4.69) is 21.2 Å². The fourth-order valence-corrected chi connectivity index (χ4v) is 1.69. The first-order valence-corrected chi connectivity index (χ1v) is 5.54. The zero-order valence-electron chi connectivity index (χ0n) is 8.19. The molecule has 1 aliphatic rings. The zero-order valence-corrected chi connectivity index (χ0v) is 9.77. The van der Waals surface area contributed by atoms with Crippen molar-refractivity contribution in [2.45, 2.75) is 18.9 Å². The van der Waals surface area contributed by atoms with Gasteiger partial charge in [-0.15, -0.1) is 0 Å². The molecule has 86 valence electrons. The van der Waals surface area contributed by atoms with Crippen molar-refractivity contribution in [3.63, 3.8) is 0 Å². The van der Waals surface area contributed by atoms with Crippen molar-refractivity contribution in [3.05, 3.63) is 27.7 Å². The average Bonchev–Trinajstić information content (AvgIpc) is 3.04. The minimum atomic E-state index is -1.10. The largest absolute Gasteiger partial charge is 0.397 e. The van der Waals surface area contributed by atoms with Crippen LogP contribution in [0.3, 0.4) is 0 Å². The number of nitrogens with two attached hydrogens (primary N) is 1. The Bertz CT molecular complexity index is 461. The molecule has 0 heterocycles. The van der Waals surface area contributed by atoms with Gasteiger partial charge in [0.25, 0.3) is 5.91 Å². The molecule has 0 aromatic heterocycles. The maximum absolute atomic E-state index is 13.1. The summed E-state index contributed by atoms with van der Waals surface area (Å²) in [6.45, 7) is 0. The first-order valence-electron chi connectivity index (χ1n) is 4.74. The van der Waals surface area contributed by atoms with Crippen LogP contribution in [0, 0.1) is 11.6 Å². The topological polar surface area (TPSA) is 55.1 Å². The van der Waals surface area contributed by atoms with Gasteiger partial charge < -0.3 is 11.1 Å². The highest BCUT2D eigenvalue weighted by molar-refractivity contribution is 9.10. The Morgan fingerprint density at radius 3 is 2.69 bits per heavy atom. The van der Waals surface area contributed by atoms with E-state index >= 15 is 0 Å². The molecule has 6 heteroatoms. The van der Waals surface area contributed by atoms with E-state index in [-0.39, 0.29) is 21.8 Å². The summed E-state index contributed by atoms with van der Waals surface area (Å²) in [5.41, 5.74) is 5.41. The molecule has 0 bridgehead atoms. The molecule has 0 saturated heterocycles. The molecule has 1 aromatic rings. The van der Waals surface area contributed by atoms with Gasteiger partial charge in [-0.2, -0.15) is 0 Å². The summed E-state index contributed by atoms with van der Waals surface area (Å²) in [4.78, 5) is 11.6. The number of halogens is 3. The molecule has 1 fully saturated rings. The van der Waals surface area contributed by atoms with E-state index in [1.165, 1.54) is 0 Å². The van der Waals surface area contributed by atoms with E-state index in [0.29, 0.717) is 0 Å². The fourth-order valence-electron chi connectivity index (χ4n) is 1.29. The van der Waals surface area contributed by atoms with E-state index < -0.39 is 17.5 Å². The van der Waals surface area contributed by atoms with Crippen LogP contribution in [0.1, 0.15) is 23.2 Å². The molecule has 2 rings (SSSR count). The van der Waals surface area contributed by atoms with Crippen molar-refractivity contribution in [2.75, 3.05) is 5.73 Å². The number of amides is 1. The standard InChI is InChI=1S/C10H9BrF2N2O/c11-7-8(13)6(12)3-5(9(7)14)10(16)15-4-1-2-4/h3-4H,1-2,14H2,(H,15,16). The Morgan fingerprint density at radius 2 is 2.12 bits per heavy atom. The summed E-state index contributed by atoms with van der Waals surface area (Å²) in [5, 5.41) is 2.66. The van der Waals surface area contributed by atoms with Gasteiger partial charge in [0.1, 0.15) is 0 Å². The Morgan fingerprint density at radius 1 is 1.50 bits per heavy atom. The molecule has 0 spiro atoms. The monoisotopic (exact) mass is 290 g/mol. The summed E-state index contributed by atoms with van der Waals surface area (Å²) < 4.78 is 26.0. The molecule has 1 aliphatic carbocycles. The highest BCUT2D eigenvalue weighted by Crippen LogP contribution is 2.29. The maximum atomic E-state index is 13.1. The lowest BCUT2D eigenvalue weighted by atomic mass is 10.1. The van der Waals surface area contributed by atoms with E-state index in [1.54, 1.807) is 0 Å². The number of benzene rings is 1. The number of carbonyl (C=O) groups is 1. The van der Waals surface area contributed by atoms with E-state index in [0.717, 1.165) is 18.9 Å². The summed E-state index contributed by atoms with van der Waals surface area (Å²) in [7, 11) is 0. The lowest BCUT2D eigenvalue weighted by molar-refractivity contribution is 0.0951. The second kappa shape index (κ2) is 4.01. The van der Waals surface area contributed by atoms with Crippen LogP contribution in [0.4, 0.5) is 14.5 Å². The second-order valence-electron chi connectivity index (χ2n) is 3.70. The van der Waals surface area contributed by atoms with Gasteiger partial charge in [0, 0.05) is 6.04 Å². The van der Waals surface area contributed by atoms with Crippen molar-refractivity contribution in [1.82, 2.24) is 5.32 Å². The smallest absolute Gasteiger partial charge is 0.253 e. The summed E-state index contributed by atoms with van der Waals surface area (Å²) in [6, 6.07) is 0.950. The summed E-state index contributed by atoms with van der Waals surface area (Å²) in [6.07, 6.45) is 1.83. The fraction of sp³-hybridized carbons (Fsp3) is 0.300. The normalized spacial score (nSPS) is 14.9. The molecule has 1 amide bonds. The van der Waals surface area contributed by atoms with Crippen LogP contribution in [0.25, 0.3) is 0 Å². The molecular weight excluding hydrogens is 282 g/mol. The molecule has 1 saturated carbocycles. The number of hydrogen-bond acceptors (Lipinski definition) is 2. The minimum Gasteiger partial charge on any atom is -0.397 e. The van der Waals surface area contributed by atoms with Gasteiger partial charge in [-0.25, -0.2) is 8.78 Å². The third kappa shape index (κ3) is 2.02. The molecule has 0 unspecified atom stereocenters. The van der Waals surface area contributed by atoms with E-state index in [9.17, 15) is 13.6 Å². The van der Waals surface area contributed by atoms with Gasteiger partial charge in [-0.3, -0.25) is 4.79 Å². The molecule has 3 nitrogen and oxygen atoms in total. The number of anilines is 1. The first-order chi connectivity index (χ1) is 7.50. The predicted octanol–water partition coefficient (Wildman–Crippen LogP) is 2.20. The van der Waals surface area contributed by atoms with Crippen LogP contribution >= 0.6 is 15.9 Å². The molecular formula is C10H9BrF2N2O. The lowest BCUT2D eigenvalue weighted by Gasteiger charge is -2.09. The van der Waals surface area contributed by atoms with Crippen molar-refractivity contribution < 1.29 is 13.6 Å². The van der Waals surface area contributed by atoms with Crippen LogP contribution in [-0.2, 0) is 0 Å². The number of rotatable bonds is 2. The number of carbonyl (C=O) groups excluding carboxylic acids is 1. The van der Waals surface area contributed by atoms with Crippen LogP contribution in [0.5, 0.6) is 0 Å². The van der Waals surface area contributed by atoms with Crippen LogP contribution in [0.15, 0.2) is 10.5 Å². The minimum absolute atomic E-state index is 0.0438.